The monoisotopic (exact) mass is 255 g/mol. The molecule has 2 atom stereocenters. The number of nitrogens with two attached hydrogens (primary N) is 1. The Labute approximate surface area is 111 Å². The lowest BCUT2D eigenvalue weighted by molar-refractivity contribution is 0.0181. The van der Waals surface area contributed by atoms with Gasteiger partial charge >= 0.3 is 0 Å². The number of nitrogens with zero attached hydrogens (tertiary/aromatic N) is 2. The average Bonchev–Trinajstić information content (AvgIpc) is 2.85. The Bertz CT molecular complexity index is 241. The van der Waals surface area contributed by atoms with Crippen LogP contribution in [0.25, 0.3) is 0 Å². The van der Waals surface area contributed by atoms with Crippen molar-refractivity contribution in [2.75, 3.05) is 52.5 Å². The molecule has 0 radical (unpaired) electrons. The molecule has 2 rings (SSSR count). The summed E-state index contributed by atoms with van der Waals surface area (Å²) in [7, 11) is 0. The van der Waals surface area contributed by atoms with Crippen molar-refractivity contribution in [1.29, 1.82) is 0 Å². The first-order valence-electron chi connectivity index (χ1n) is 7.45. The van der Waals surface area contributed by atoms with Gasteiger partial charge in [-0.05, 0) is 31.3 Å². The molecule has 18 heavy (non-hydrogen) atoms. The minimum atomic E-state index is 0.647. The first kappa shape index (κ1) is 14.3. The van der Waals surface area contributed by atoms with E-state index in [1.807, 2.05) is 0 Å². The fraction of sp³-hybridized carbons (Fsp3) is 1.00. The molecule has 0 aromatic carbocycles. The van der Waals surface area contributed by atoms with Crippen LogP contribution >= 0.6 is 0 Å². The van der Waals surface area contributed by atoms with E-state index in [4.69, 9.17) is 10.5 Å². The Kier molecular flexibility index (Phi) is 5.42. The zero-order chi connectivity index (χ0) is 13.0. The molecule has 2 fully saturated rings. The Morgan fingerprint density at radius 2 is 1.94 bits per heavy atom. The van der Waals surface area contributed by atoms with Gasteiger partial charge in [0.15, 0.2) is 0 Å². The molecule has 106 valence electrons. The lowest BCUT2D eigenvalue weighted by atomic mass is 9.95. The highest BCUT2D eigenvalue weighted by atomic mass is 16.5. The number of morpholine rings is 1. The quantitative estimate of drug-likeness (QED) is 0.782. The molecule has 0 spiro atoms. The summed E-state index contributed by atoms with van der Waals surface area (Å²) in [6, 6.07) is 0.750. The van der Waals surface area contributed by atoms with Gasteiger partial charge in [-0.15, -0.1) is 0 Å². The second-order valence-electron chi connectivity index (χ2n) is 6.09. The van der Waals surface area contributed by atoms with E-state index >= 15 is 0 Å². The van der Waals surface area contributed by atoms with Crippen molar-refractivity contribution in [1.82, 2.24) is 9.80 Å². The van der Waals surface area contributed by atoms with Crippen LogP contribution in [0.5, 0.6) is 0 Å². The third-order valence-corrected chi connectivity index (χ3v) is 4.55. The summed E-state index contributed by atoms with van der Waals surface area (Å²) in [5, 5.41) is 0. The van der Waals surface area contributed by atoms with Gasteiger partial charge in [-0.3, -0.25) is 4.90 Å². The number of rotatable bonds is 5. The maximum absolute atomic E-state index is 5.88. The Balaban J connectivity index is 1.77. The van der Waals surface area contributed by atoms with Crippen molar-refractivity contribution < 1.29 is 4.74 Å². The molecule has 2 aliphatic heterocycles. The number of hydrogen-bond acceptors (Lipinski definition) is 4. The zero-order valence-corrected chi connectivity index (χ0v) is 12.0. The molecular weight excluding hydrogens is 226 g/mol. The minimum Gasteiger partial charge on any atom is -0.379 e. The van der Waals surface area contributed by atoms with E-state index in [2.05, 4.69) is 23.6 Å². The first-order valence-corrected chi connectivity index (χ1v) is 7.45. The number of ether oxygens (including phenoxy) is 1. The van der Waals surface area contributed by atoms with Crippen molar-refractivity contribution in [2.45, 2.75) is 26.3 Å². The molecule has 2 saturated heterocycles. The summed E-state index contributed by atoms with van der Waals surface area (Å²) in [6.07, 6.45) is 1.31. The summed E-state index contributed by atoms with van der Waals surface area (Å²) in [6.45, 7) is 13.1. The largest absolute Gasteiger partial charge is 0.379 e. The van der Waals surface area contributed by atoms with Gasteiger partial charge in [0.1, 0.15) is 0 Å². The first-order chi connectivity index (χ1) is 8.70. The number of hydrogen-bond donors (Lipinski definition) is 1. The summed E-state index contributed by atoms with van der Waals surface area (Å²) >= 11 is 0. The minimum absolute atomic E-state index is 0.647. The van der Waals surface area contributed by atoms with Gasteiger partial charge in [-0.2, -0.15) is 0 Å². The second-order valence-corrected chi connectivity index (χ2v) is 6.09. The Morgan fingerprint density at radius 1 is 1.22 bits per heavy atom. The van der Waals surface area contributed by atoms with Crippen LogP contribution in [0, 0.1) is 11.8 Å². The van der Waals surface area contributed by atoms with Crippen LogP contribution in [0.4, 0.5) is 0 Å². The predicted molar refractivity (Wildman–Crippen MR) is 74.6 cm³/mol. The van der Waals surface area contributed by atoms with E-state index in [0.717, 1.165) is 38.9 Å². The van der Waals surface area contributed by atoms with E-state index in [-0.39, 0.29) is 0 Å². The molecular formula is C14H29N3O. The van der Waals surface area contributed by atoms with Crippen LogP contribution in [0.15, 0.2) is 0 Å². The molecule has 0 aromatic heterocycles. The highest BCUT2D eigenvalue weighted by Crippen LogP contribution is 2.20. The fourth-order valence-corrected chi connectivity index (χ4v) is 3.11. The van der Waals surface area contributed by atoms with Crippen molar-refractivity contribution >= 4 is 0 Å². The zero-order valence-electron chi connectivity index (χ0n) is 12.0. The van der Waals surface area contributed by atoms with E-state index < -0.39 is 0 Å². The molecule has 0 amide bonds. The van der Waals surface area contributed by atoms with E-state index in [1.165, 1.54) is 26.1 Å². The lowest BCUT2D eigenvalue weighted by Crippen LogP contribution is -2.45. The topological polar surface area (TPSA) is 41.7 Å². The van der Waals surface area contributed by atoms with E-state index in [0.29, 0.717) is 11.8 Å². The van der Waals surface area contributed by atoms with E-state index in [9.17, 15) is 0 Å². The molecule has 4 nitrogen and oxygen atoms in total. The van der Waals surface area contributed by atoms with Crippen LogP contribution < -0.4 is 5.73 Å². The van der Waals surface area contributed by atoms with Gasteiger partial charge in [-0.25, -0.2) is 0 Å². The summed E-state index contributed by atoms with van der Waals surface area (Å²) in [5.41, 5.74) is 5.88. The van der Waals surface area contributed by atoms with Gasteiger partial charge in [0, 0.05) is 32.2 Å². The van der Waals surface area contributed by atoms with Gasteiger partial charge in [0.05, 0.1) is 13.2 Å². The smallest absolute Gasteiger partial charge is 0.0594 e. The SMILES string of the molecule is CC(C)C(CN)CN1CCC(N2CCOCC2)C1. The summed E-state index contributed by atoms with van der Waals surface area (Å²) in [4.78, 5) is 5.22. The van der Waals surface area contributed by atoms with Gasteiger partial charge in [-0.1, -0.05) is 13.8 Å². The molecule has 2 aliphatic rings. The van der Waals surface area contributed by atoms with Crippen LogP contribution in [-0.4, -0.2) is 68.3 Å². The Morgan fingerprint density at radius 3 is 2.56 bits per heavy atom. The van der Waals surface area contributed by atoms with Crippen molar-refractivity contribution in [2.24, 2.45) is 17.6 Å². The van der Waals surface area contributed by atoms with Crippen LogP contribution in [-0.2, 0) is 4.74 Å². The van der Waals surface area contributed by atoms with Crippen molar-refractivity contribution in [3.05, 3.63) is 0 Å². The predicted octanol–water partition coefficient (Wildman–Crippen LogP) is 0.624. The Hall–Kier alpha value is -0.160. The molecule has 0 aliphatic carbocycles. The van der Waals surface area contributed by atoms with Gasteiger partial charge < -0.3 is 15.4 Å². The van der Waals surface area contributed by atoms with Gasteiger partial charge in [0.25, 0.3) is 0 Å². The highest BCUT2D eigenvalue weighted by Gasteiger charge is 2.29. The van der Waals surface area contributed by atoms with Gasteiger partial charge in [0.2, 0.25) is 0 Å². The molecule has 4 heteroatoms. The lowest BCUT2D eigenvalue weighted by Gasteiger charge is -2.32. The van der Waals surface area contributed by atoms with E-state index in [1.54, 1.807) is 0 Å². The standard InChI is InChI=1S/C14H29N3O/c1-12(2)13(9-15)10-16-4-3-14(11-16)17-5-7-18-8-6-17/h12-14H,3-11,15H2,1-2H3. The highest BCUT2D eigenvalue weighted by molar-refractivity contribution is 4.85. The van der Waals surface area contributed by atoms with Crippen LogP contribution in [0.3, 0.4) is 0 Å². The number of likely N-dealkylation sites (tertiary alicyclic amines) is 1. The van der Waals surface area contributed by atoms with Crippen molar-refractivity contribution in [3.63, 3.8) is 0 Å². The van der Waals surface area contributed by atoms with Crippen LogP contribution in [0.1, 0.15) is 20.3 Å². The molecule has 2 heterocycles. The molecule has 0 aromatic rings. The molecule has 2 unspecified atom stereocenters. The third-order valence-electron chi connectivity index (χ3n) is 4.55. The molecule has 0 bridgehead atoms. The third kappa shape index (κ3) is 3.67. The molecule has 0 saturated carbocycles. The molecule has 2 N–H and O–H groups in total. The normalized spacial score (nSPS) is 29.0. The summed E-state index contributed by atoms with van der Waals surface area (Å²) < 4.78 is 5.43. The van der Waals surface area contributed by atoms with Crippen molar-refractivity contribution in [3.8, 4) is 0 Å². The van der Waals surface area contributed by atoms with Crippen LogP contribution in [0.2, 0.25) is 0 Å². The fourth-order valence-electron chi connectivity index (χ4n) is 3.11. The maximum atomic E-state index is 5.88. The maximum Gasteiger partial charge on any atom is 0.0594 e. The average molecular weight is 255 g/mol. The summed E-state index contributed by atoms with van der Waals surface area (Å²) in [5.74, 6) is 1.34. The second kappa shape index (κ2) is 6.85.